The van der Waals surface area contributed by atoms with Crippen molar-refractivity contribution in [3.8, 4) is 11.5 Å². The molecule has 1 aromatic carbocycles. The summed E-state index contributed by atoms with van der Waals surface area (Å²) in [6.07, 6.45) is 20.8. The molecule has 0 atom stereocenters. The molecule has 0 fully saturated rings. The number of phenolic OH excluding ortho intramolecular Hbond substituents is 2. The van der Waals surface area contributed by atoms with Crippen molar-refractivity contribution in [2.45, 2.75) is 96.8 Å². The van der Waals surface area contributed by atoms with Crippen LogP contribution < -0.4 is 5.32 Å². The molecule has 0 heterocycles. The first kappa shape index (κ1) is 25.1. The number of unbranched alkanes of at least 4 members (excludes halogenated alkanes) is 10. The minimum atomic E-state index is -0.119. The standard InChI is InChI=1S/C25H41NO3/c1-2-3-4-5-6-7-8-9-10-11-12-13-14-15-16-25(29)26-20-19-22-17-18-23(27)24(28)21-22/h8-9,17-18,21,27-28H,2-7,10-16,19-20H2,1H3,(H,26,29)/b9-8-. The van der Waals surface area contributed by atoms with Gasteiger partial charge in [-0.2, -0.15) is 0 Å². The minimum Gasteiger partial charge on any atom is -0.504 e. The lowest BCUT2D eigenvalue weighted by Crippen LogP contribution is -2.25. The summed E-state index contributed by atoms with van der Waals surface area (Å²) in [6, 6.07) is 4.76. The third kappa shape index (κ3) is 13.8. The van der Waals surface area contributed by atoms with Crippen LogP contribution in [0, 0.1) is 0 Å². The molecular formula is C25H41NO3. The number of phenols is 2. The zero-order valence-electron chi connectivity index (χ0n) is 18.3. The van der Waals surface area contributed by atoms with Crippen molar-refractivity contribution >= 4 is 5.91 Å². The number of carbonyl (C=O) groups excluding carboxylic acids is 1. The Morgan fingerprint density at radius 3 is 2.14 bits per heavy atom. The van der Waals surface area contributed by atoms with Crippen LogP contribution in [-0.2, 0) is 11.2 Å². The Labute approximate surface area is 177 Å². The summed E-state index contributed by atoms with van der Waals surface area (Å²) in [5.74, 6) is -0.145. The number of nitrogens with one attached hydrogen (secondary N) is 1. The zero-order chi connectivity index (χ0) is 21.2. The van der Waals surface area contributed by atoms with Crippen LogP contribution in [0.3, 0.4) is 0 Å². The average Bonchev–Trinajstić information content (AvgIpc) is 2.71. The number of allylic oxidation sites excluding steroid dienone is 2. The van der Waals surface area contributed by atoms with Crippen LogP contribution in [0.2, 0.25) is 0 Å². The molecule has 0 saturated heterocycles. The second kappa shape index (κ2) is 16.9. The minimum absolute atomic E-state index is 0.0925. The summed E-state index contributed by atoms with van der Waals surface area (Å²) >= 11 is 0. The molecule has 0 aromatic heterocycles. The van der Waals surface area contributed by atoms with Gasteiger partial charge in [0.05, 0.1) is 0 Å². The quantitative estimate of drug-likeness (QED) is 0.160. The van der Waals surface area contributed by atoms with Gasteiger partial charge in [-0.05, 0) is 56.2 Å². The lowest BCUT2D eigenvalue weighted by Gasteiger charge is -2.06. The summed E-state index contributed by atoms with van der Waals surface area (Å²) in [5, 5.41) is 21.7. The molecule has 0 aliphatic heterocycles. The highest BCUT2D eigenvalue weighted by Gasteiger charge is 2.03. The Bertz CT molecular complexity index is 583. The van der Waals surface area contributed by atoms with Crippen LogP contribution in [0.5, 0.6) is 11.5 Å². The van der Waals surface area contributed by atoms with Crippen molar-refractivity contribution < 1.29 is 15.0 Å². The molecule has 0 aliphatic rings. The van der Waals surface area contributed by atoms with Gasteiger partial charge in [0.1, 0.15) is 0 Å². The molecule has 0 radical (unpaired) electrons. The van der Waals surface area contributed by atoms with Gasteiger partial charge in [-0.3, -0.25) is 4.79 Å². The van der Waals surface area contributed by atoms with Crippen LogP contribution in [0.4, 0.5) is 0 Å². The van der Waals surface area contributed by atoms with E-state index < -0.39 is 0 Å². The van der Waals surface area contributed by atoms with Crippen molar-refractivity contribution in [2.24, 2.45) is 0 Å². The monoisotopic (exact) mass is 403 g/mol. The van der Waals surface area contributed by atoms with E-state index >= 15 is 0 Å². The zero-order valence-corrected chi connectivity index (χ0v) is 18.3. The highest BCUT2D eigenvalue weighted by molar-refractivity contribution is 5.75. The fourth-order valence-electron chi connectivity index (χ4n) is 3.34. The van der Waals surface area contributed by atoms with E-state index in [9.17, 15) is 15.0 Å². The number of benzene rings is 1. The highest BCUT2D eigenvalue weighted by atomic mass is 16.3. The van der Waals surface area contributed by atoms with E-state index in [1.54, 1.807) is 6.07 Å². The van der Waals surface area contributed by atoms with Gasteiger partial charge in [-0.25, -0.2) is 0 Å². The van der Waals surface area contributed by atoms with Gasteiger partial charge < -0.3 is 15.5 Å². The lowest BCUT2D eigenvalue weighted by molar-refractivity contribution is -0.121. The number of hydrogen-bond donors (Lipinski definition) is 3. The van der Waals surface area contributed by atoms with Crippen molar-refractivity contribution in [3.05, 3.63) is 35.9 Å². The van der Waals surface area contributed by atoms with Crippen molar-refractivity contribution in [1.82, 2.24) is 5.32 Å². The summed E-state index contributed by atoms with van der Waals surface area (Å²) in [7, 11) is 0. The second-order valence-electron chi connectivity index (χ2n) is 7.90. The van der Waals surface area contributed by atoms with Gasteiger partial charge in [0.25, 0.3) is 0 Å². The number of amides is 1. The van der Waals surface area contributed by atoms with Crippen LogP contribution in [0.25, 0.3) is 0 Å². The third-order valence-electron chi connectivity index (χ3n) is 5.19. The maximum Gasteiger partial charge on any atom is 0.220 e. The Hall–Kier alpha value is -1.97. The fraction of sp³-hybridized carbons (Fsp3) is 0.640. The Kier molecular flexibility index (Phi) is 14.6. The first-order chi connectivity index (χ1) is 14.1. The van der Waals surface area contributed by atoms with Gasteiger partial charge in [-0.15, -0.1) is 0 Å². The Morgan fingerprint density at radius 2 is 1.48 bits per heavy atom. The third-order valence-corrected chi connectivity index (χ3v) is 5.19. The topological polar surface area (TPSA) is 69.6 Å². The van der Waals surface area contributed by atoms with Gasteiger partial charge >= 0.3 is 0 Å². The largest absolute Gasteiger partial charge is 0.504 e. The van der Waals surface area contributed by atoms with E-state index in [1.165, 1.54) is 76.3 Å². The van der Waals surface area contributed by atoms with Crippen LogP contribution >= 0.6 is 0 Å². The van der Waals surface area contributed by atoms with Gasteiger partial charge in [0, 0.05) is 13.0 Å². The van der Waals surface area contributed by atoms with Gasteiger partial charge in [0.2, 0.25) is 5.91 Å². The molecule has 0 unspecified atom stereocenters. The summed E-state index contributed by atoms with van der Waals surface area (Å²) in [5.41, 5.74) is 0.895. The second-order valence-corrected chi connectivity index (χ2v) is 7.90. The summed E-state index contributed by atoms with van der Waals surface area (Å²) in [4.78, 5) is 11.9. The van der Waals surface area contributed by atoms with Gasteiger partial charge in [0.15, 0.2) is 11.5 Å². The molecular weight excluding hydrogens is 362 g/mol. The average molecular weight is 404 g/mol. The molecule has 0 bridgehead atoms. The smallest absolute Gasteiger partial charge is 0.220 e. The van der Waals surface area contributed by atoms with Crippen molar-refractivity contribution in [2.75, 3.05) is 6.54 Å². The number of hydrogen-bond acceptors (Lipinski definition) is 3. The van der Waals surface area contributed by atoms with Crippen LogP contribution in [-0.4, -0.2) is 22.7 Å². The molecule has 1 amide bonds. The highest BCUT2D eigenvalue weighted by Crippen LogP contribution is 2.24. The molecule has 0 aliphatic carbocycles. The fourth-order valence-corrected chi connectivity index (χ4v) is 3.34. The molecule has 3 N–H and O–H groups in total. The molecule has 0 spiro atoms. The van der Waals surface area contributed by atoms with Gasteiger partial charge in [-0.1, -0.05) is 70.1 Å². The van der Waals surface area contributed by atoms with Crippen LogP contribution in [0.15, 0.2) is 30.4 Å². The normalized spacial score (nSPS) is 11.2. The molecule has 4 nitrogen and oxygen atoms in total. The Balaban J connectivity index is 1.89. The molecule has 0 saturated carbocycles. The van der Waals surface area contributed by atoms with E-state index in [-0.39, 0.29) is 17.4 Å². The Morgan fingerprint density at radius 1 is 0.862 bits per heavy atom. The van der Waals surface area contributed by atoms with Crippen LogP contribution in [0.1, 0.15) is 96.0 Å². The molecule has 1 rings (SSSR count). The maximum absolute atomic E-state index is 11.9. The SMILES string of the molecule is CCCCCCC/C=C\CCCCCCCC(=O)NCCc1ccc(O)c(O)c1. The number of rotatable bonds is 17. The van der Waals surface area contributed by atoms with E-state index in [0.29, 0.717) is 19.4 Å². The van der Waals surface area contributed by atoms with E-state index in [2.05, 4.69) is 24.4 Å². The first-order valence-electron chi connectivity index (χ1n) is 11.6. The molecule has 29 heavy (non-hydrogen) atoms. The molecule has 1 aromatic rings. The number of carbonyl (C=O) groups is 1. The van der Waals surface area contributed by atoms with Crippen molar-refractivity contribution in [3.63, 3.8) is 0 Å². The lowest BCUT2D eigenvalue weighted by atomic mass is 10.1. The van der Waals surface area contributed by atoms with Crippen molar-refractivity contribution in [1.29, 1.82) is 0 Å². The number of aromatic hydroxyl groups is 2. The molecule has 164 valence electrons. The first-order valence-corrected chi connectivity index (χ1v) is 11.6. The van der Waals surface area contributed by atoms with E-state index in [4.69, 9.17) is 0 Å². The maximum atomic E-state index is 11.9. The molecule has 4 heteroatoms. The van der Waals surface area contributed by atoms with E-state index in [1.807, 2.05) is 0 Å². The predicted octanol–water partition coefficient (Wildman–Crippen LogP) is 6.40. The summed E-state index contributed by atoms with van der Waals surface area (Å²) < 4.78 is 0. The summed E-state index contributed by atoms with van der Waals surface area (Å²) in [6.45, 7) is 2.80. The predicted molar refractivity (Wildman–Crippen MR) is 121 cm³/mol. The van der Waals surface area contributed by atoms with E-state index in [0.717, 1.165) is 18.4 Å².